The number of benzene rings is 1. The van der Waals surface area contributed by atoms with Gasteiger partial charge in [0.15, 0.2) is 5.65 Å². The highest BCUT2D eigenvalue weighted by Crippen LogP contribution is 2.31. The second kappa shape index (κ2) is 6.24. The number of rotatable bonds is 2. The highest BCUT2D eigenvalue weighted by Gasteiger charge is 2.30. The summed E-state index contributed by atoms with van der Waals surface area (Å²) in [6.45, 7) is 7.58. The molecule has 1 aromatic carbocycles. The predicted molar refractivity (Wildman–Crippen MR) is 102 cm³/mol. The maximum atomic E-state index is 13.3. The number of amides is 1. The SMILES string of the molecule is Cc1cc(C(=O)N2CCC(c3ccccc3C)C2)c2c(C)nn(C)c2n1. The molecule has 1 saturated heterocycles. The zero-order chi connectivity index (χ0) is 18.4. The summed E-state index contributed by atoms with van der Waals surface area (Å²) in [4.78, 5) is 19.9. The molecule has 1 aliphatic heterocycles. The summed E-state index contributed by atoms with van der Waals surface area (Å²) in [5, 5.41) is 5.34. The first-order valence-electron chi connectivity index (χ1n) is 9.11. The van der Waals surface area contributed by atoms with E-state index in [1.54, 1.807) is 4.68 Å². The molecule has 0 aliphatic carbocycles. The van der Waals surface area contributed by atoms with Gasteiger partial charge in [0.1, 0.15) is 0 Å². The van der Waals surface area contributed by atoms with Gasteiger partial charge in [-0.05, 0) is 44.4 Å². The number of likely N-dealkylation sites (tertiary alicyclic amines) is 1. The summed E-state index contributed by atoms with van der Waals surface area (Å²) in [5.41, 5.74) is 5.86. The Bertz CT molecular complexity index is 1000. The molecule has 5 nitrogen and oxygen atoms in total. The number of hydrogen-bond acceptors (Lipinski definition) is 3. The van der Waals surface area contributed by atoms with Crippen LogP contribution in [-0.4, -0.2) is 38.7 Å². The lowest BCUT2D eigenvalue weighted by molar-refractivity contribution is 0.0792. The maximum Gasteiger partial charge on any atom is 0.254 e. The lowest BCUT2D eigenvalue weighted by Crippen LogP contribution is -2.29. The molecule has 1 aliphatic rings. The summed E-state index contributed by atoms with van der Waals surface area (Å²) in [6.07, 6.45) is 1.01. The van der Waals surface area contributed by atoms with Crippen molar-refractivity contribution in [3.8, 4) is 0 Å². The van der Waals surface area contributed by atoms with Gasteiger partial charge in [0, 0.05) is 31.7 Å². The Morgan fingerprint density at radius 3 is 2.73 bits per heavy atom. The van der Waals surface area contributed by atoms with Crippen LogP contribution in [0.25, 0.3) is 11.0 Å². The van der Waals surface area contributed by atoms with E-state index in [4.69, 9.17) is 0 Å². The number of aromatic nitrogens is 3. The highest BCUT2D eigenvalue weighted by molar-refractivity contribution is 6.06. The average Bonchev–Trinajstić information content (AvgIpc) is 3.20. The van der Waals surface area contributed by atoms with E-state index in [-0.39, 0.29) is 5.91 Å². The Labute approximate surface area is 153 Å². The fourth-order valence-corrected chi connectivity index (χ4v) is 4.15. The van der Waals surface area contributed by atoms with Gasteiger partial charge in [-0.25, -0.2) is 4.98 Å². The molecule has 2 aromatic heterocycles. The predicted octanol–water partition coefficient (Wildman–Crippen LogP) is 3.52. The number of hydrogen-bond donors (Lipinski definition) is 0. The normalized spacial score (nSPS) is 17.2. The summed E-state index contributed by atoms with van der Waals surface area (Å²) < 4.78 is 1.76. The minimum absolute atomic E-state index is 0.0904. The minimum Gasteiger partial charge on any atom is -0.338 e. The van der Waals surface area contributed by atoms with Gasteiger partial charge < -0.3 is 4.90 Å². The molecule has 0 radical (unpaired) electrons. The molecular formula is C21H24N4O. The van der Waals surface area contributed by atoms with Gasteiger partial charge in [-0.15, -0.1) is 0 Å². The summed E-state index contributed by atoms with van der Waals surface area (Å²) in [6, 6.07) is 10.4. The smallest absolute Gasteiger partial charge is 0.254 e. The zero-order valence-corrected chi connectivity index (χ0v) is 15.8. The van der Waals surface area contributed by atoms with Gasteiger partial charge in [-0.2, -0.15) is 5.10 Å². The Kier molecular flexibility index (Phi) is 4.02. The van der Waals surface area contributed by atoms with Crippen LogP contribution in [0.2, 0.25) is 0 Å². The summed E-state index contributed by atoms with van der Waals surface area (Å²) >= 11 is 0. The van der Waals surface area contributed by atoms with Crippen molar-refractivity contribution in [3.63, 3.8) is 0 Å². The first kappa shape index (κ1) is 16.8. The molecule has 1 atom stereocenters. The molecule has 3 heterocycles. The monoisotopic (exact) mass is 348 g/mol. The van der Waals surface area contributed by atoms with Crippen LogP contribution >= 0.6 is 0 Å². The average molecular weight is 348 g/mol. The lowest BCUT2D eigenvalue weighted by Gasteiger charge is -2.18. The second-order valence-corrected chi connectivity index (χ2v) is 7.31. The van der Waals surface area contributed by atoms with Crippen LogP contribution in [0.5, 0.6) is 0 Å². The molecular weight excluding hydrogens is 324 g/mol. The van der Waals surface area contributed by atoms with Crippen LogP contribution in [0, 0.1) is 20.8 Å². The topological polar surface area (TPSA) is 51.0 Å². The number of carbonyl (C=O) groups is 1. The van der Waals surface area contributed by atoms with Crippen molar-refractivity contribution in [2.24, 2.45) is 7.05 Å². The van der Waals surface area contributed by atoms with Crippen molar-refractivity contribution in [3.05, 3.63) is 58.4 Å². The van der Waals surface area contributed by atoms with E-state index >= 15 is 0 Å². The molecule has 5 heteroatoms. The fraction of sp³-hybridized carbons (Fsp3) is 0.381. The van der Waals surface area contributed by atoms with Gasteiger partial charge >= 0.3 is 0 Å². The van der Waals surface area contributed by atoms with Gasteiger partial charge in [0.2, 0.25) is 0 Å². The van der Waals surface area contributed by atoms with Crippen molar-refractivity contribution < 1.29 is 4.79 Å². The third-order valence-electron chi connectivity index (χ3n) is 5.43. The molecule has 0 spiro atoms. The van der Waals surface area contributed by atoms with Crippen LogP contribution in [0.15, 0.2) is 30.3 Å². The number of carbonyl (C=O) groups excluding carboxylic acids is 1. The van der Waals surface area contributed by atoms with E-state index in [2.05, 4.69) is 41.3 Å². The van der Waals surface area contributed by atoms with Crippen LogP contribution in [0.3, 0.4) is 0 Å². The zero-order valence-electron chi connectivity index (χ0n) is 15.8. The van der Waals surface area contributed by atoms with Crippen molar-refractivity contribution in [1.82, 2.24) is 19.7 Å². The van der Waals surface area contributed by atoms with Crippen LogP contribution in [-0.2, 0) is 7.05 Å². The standard InChI is InChI=1S/C21H24N4O/c1-13-7-5-6-8-17(13)16-9-10-25(12-16)21(26)18-11-14(2)22-20-19(18)15(3)23-24(20)4/h5-8,11,16H,9-10,12H2,1-4H3. The van der Waals surface area contributed by atoms with E-state index in [1.165, 1.54) is 11.1 Å². The molecule has 4 rings (SSSR count). The van der Waals surface area contributed by atoms with Crippen molar-refractivity contribution in [1.29, 1.82) is 0 Å². The summed E-state index contributed by atoms with van der Waals surface area (Å²) in [7, 11) is 1.88. The van der Waals surface area contributed by atoms with Crippen molar-refractivity contribution >= 4 is 16.9 Å². The number of pyridine rings is 1. The van der Waals surface area contributed by atoms with E-state index < -0.39 is 0 Å². The van der Waals surface area contributed by atoms with Crippen LogP contribution < -0.4 is 0 Å². The van der Waals surface area contributed by atoms with E-state index in [0.717, 1.165) is 47.5 Å². The van der Waals surface area contributed by atoms with E-state index in [9.17, 15) is 4.79 Å². The molecule has 0 bridgehead atoms. The first-order chi connectivity index (χ1) is 12.5. The molecule has 1 unspecified atom stereocenters. The number of fused-ring (bicyclic) bond motifs is 1. The quantitative estimate of drug-likeness (QED) is 0.712. The van der Waals surface area contributed by atoms with E-state index in [0.29, 0.717) is 5.92 Å². The second-order valence-electron chi connectivity index (χ2n) is 7.31. The largest absolute Gasteiger partial charge is 0.338 e. The van der Waals surface area contributed by atoms with Gasteiger partial charge in [-0.1, -0.05) is 24.3 Å². The lowest BCUT2D eigenvalue weighted by atomic mass is 9.94. The minimum atomic E-state index is 0.0904. The Morgan fingerprint density at radius 2 is 1.96 bits per heavy atom. The molecule has 3 aromatic rings. The Balaban J connectivity index is 1.67. The third-order valence-corrected chi connectivity index (χ3v) is 5.43. The highest BCUT2D eigenvalue weighted by atomic mass is 16.2. The van der Waals surface area contributed by atoms with Gasteiger partial charge in [0.25, 0.3) is 5.91 Å². The van der Waals surface area contributed by atoms with Gasteiger partial charge in [-0.3, -0.25) is 9.48 Å². The molecule has 1 amide bonds. The van der Waals surface area contributed by atoms with E-state index in [1.807, 2.05) is 31.9 Å². The molecule has 0 saturated carbocycles. The Hall–Kier alpha value is -2.69. The molecule has 26 heavy (non-hydrogen) atoms. The van der Waals surface area contributed by atoms with Crippen molar-refractivity contribution in [2.75, 3.05) is 13.1 Å². The first-order valence-corrected chi connectivity index (χ1v) is 9.11. The van der Waals surface area contributed by atoms with Crippen molar-refractivity contribution in [2.45, 2.75) is 33.1 Å². The van der Waals surface area contributed by atoms with Crippen LogP contribution in [0.4, 0.5) is 0 Å². The van der Waals surface area contributed by atoms with Gasteiger partial charge in [0.05, 0.1) is 16.6 Å². The van der Waals surface area contributed by atoms with Crippen LogP contribution in [0.1, 0.15) is 45.2 Å². The number of aryl methyl sites for hydroxylation is 4. The fourth-order valence-electron chi connectivity index (χ4n) is 4.15. The third kappa shape index (κ3) is 2.68. The molecule has 0 N–H and O–H groups in total. The molecule has 134 valence electrons. The summed E-state index contributed by atoms with van der Waals surface area (Å²) in [5.74, 6) is 0.501. The maximum absolute atomic E-state index is 13.3. The Morgan fingerprint density at radius 1 is 1.19 bits per heavy atom. The number of nitrogens with zero attached hydrogens (tertiary/aromatic N) is 4. The molecule has 1 fully saturated rings.